The number of methoxy groups -OCH3 is 1. The van der Waals surface area contributed by atoms with Crippen LogP contribution in [0.3, 0.4) is 0 Å². The van der Waals surface area contributed by atoms with E-state index in [0.29, 0.717) is 5.69 Å². The highest BCUT2D eigenvalue weighted by Crippen LogP contribution is 2.21. The molecule has 166 valence electrons. The molecule has 1 aliphatic rings. The van der Waals surface area contributed by atoms with E-state index in [1.165, 1.54) is 17.0 Å². The molecule has 1 fully saturated rings. The SMILES string of the molecule is COc1ccc(N2CCCN(CC(=O)N(CCC(N)=O)c3ccc(F)cc3)CC2)cc1. The summed E-state index contributed by atoms with van der Waals surface area (Å²) in [4.78, 5) is 30.2. The third kappa shape index (κ3) is 6.42. The standard InChI is InChI=1S/C23H29FN4O3/c1-31-21-9-7-19(8-10-21)27-13-2-12-26(15-16-27)17-23(30)28(14-11-22(25)29)20-5-3-18(24)4-6-20/h3-10H,2,11-17H2,1H3,(H2,25,29). The molecule has 8 heteroatoms. The van der Waals surface area contributed by atoms with Crippen molar-refractivity contribution in [1.29, 1.82) is 0 Å². The number of primary amides is 1. The Morgan fingerprint density at radius 1 is 1.03 bits per heavy atom. The fraction of sp³-hybridized carbons (Fsp3) is 0.391. The lowest BCUT2D eigenvalue weighted by atomic mass is 10.2. The van der Waals surface area contributed by atoms with Crippen molar-refractivity contribution < 1.29 is 18.7 Å². The average molecular weight is 429 g/mol. The third-order valence-corrected chi connectivity index (χ3v) is 5.41. The van der Waals surface area contributed by atoms with Gasteiger partial charge in [-0.1, -0.05) is 0 Å². The topological polar surface area (TPSA) is 79.1 Å². The highest BCUT2D eigenvalue weighted by Gasteiger charge is 2.22. The van der Waals surface area contributed by atoms with E-state index in [9.17, 15) is 14.0 Å². The minimum absolute atomic E-state index is 0.0500. The Kier molecular flexibility index (Phi) is 7.83. The van der Waals surface area contributed by atoms with E-state index in [0.717, 1.165) is 44.0 Å². The molecule has 2 amide bonds. The Balaban J connectivity index is 1.62. The van der Waals surface area contributed by atoms with E-state index in [-0.39, 0.29) is 31.2 Å². The van der Waals surface area contributed by atoms with Crippen LogP contribution in [0.1, 0.15) is 12.8 Å². The number of hydrogen-bond acceptors (Lipinski definition) is 5. The maximum atomic E-state index is 13.3. The molecule has 0 bridgehead atoms. The van der Waals surface area contributed by atoms with E-state index in [1.54, 1.807) is 19.2 Å². The summed E-state index contributed by atoms with van der Waals surface area (Å²) >= 11 is 0. The summed E-state index contributed by atoms with van der Waals surface area (Å²) in [6.45, 7) is 3.65. The minimum atomic E-state index is -0.482. The summed E-state index contributed by atoms with van der Waals surface area (Å²) in [6.07, 6.45) is 0.978. The fourth-order valence-corrected chi connectivity index (χ4v) is 3.70. The highest BCUT2D eigenvalue weighted by molar-refractivity contribution is 5.95. The van der Waals surface area contributed by atoms with Crippen LogP contribution in [-0.4, -0.2) is 63.1 Å². The number of rotatable bonds is 8. The maximum Gasteiger partial charge on any atom is 0.241 e. The molecule has 0 aromatic heterocycles. The van der Waals surface area contributed by atoms with Gasteiger partial charge in [0.05, 0.1) is 13.7 Å². The number of ether oxygens (including phenoxy) is 1. The Morgan fingerprint density at radius 2 is 1.74 bits per heavy atom. The molecule has 0 unspecified atom stereocenters. The van der Waals surface area contributed by atoms with Crippen LogP contribution < -0.4 is 20.3 Å². The lowest BCUT2D eigenvalue weighted by Gasteiger charge is -2.27. The van der Waals surface area contributed by atoms with Gasteiger partial charge in [0.2, 0.25) is 11.8 Å². The molecule has 3 rings (SSSR count). The number of amides is 2. The smallest absolute Gasteiger partial charge is 0.241 e. The number of benzene rings is 2. The number of halogens is 1. The van der Waals surface area contributed by atoms with Gasteiger partial charge in [-0.2, -0.15) is 0 Å². The van der Waals surface area contributed by atoms with Gasteiger partial charge in [0.1, 0.15) is 11.6 Å². The van der Waals surface area contributed by atoms with E-state index in [4.69, 9.17) is 10.5 Å². The first-order valence-corrected chi connectivity index (χ1v) is 10.4. The first kappa shape index (κ1) is 22.6. The number of carbonyl (C=O) groups excluding carboxylic acids is 2. The van der Waals surface area contributed by atoms with Gasteiger partial charge >= 0.3 is 0 Å². The molecule has 2 N–H and O–H groups in total. The normalized spacial score (nSPS) is 14.7. The predicted octanol–water partition coefficient (Wildman–Crippen LogP) is 2.25. The molecule has 1 heterocycles. The maximum absolute atomic E-state index is 13.3. The summed E-state index contributed by atoms with van der Waals surface area (Å²) in [5.41, 5.74) is 6.96. The van der Waals surface area contributed by atoms with Gasteiger partial charge in [0.15, 0.2) is 0 Å². The molecule has 0 radical (unpaired) electrons. The largest absolute Gasteiger partial charge is 0.497 e. The Labute approximate surface area is 182 Å². The number of nitrogens with zero attached hydrogens (tertiary/aromatic N) is 3. The van der Waals surface area contributed by atoms with Crippen LogP contribution in [0.4, 0.5) is 15.8 Å². The summed E-state index contributed by atoms with van der Waals surface area (Å²) in [7, 11) is 1.65. The molecule has 31 heavy (non-hydrogen) atoms. The second-order valence-electron chi connectivity index (χ2n) is 7.55. The number of nitrogens with two attached hydrogens (primary N) is 1. The molecule has 0 aliphatic carbocycles. The van der Waals surface area contributed by atoms with Gasteiger partial charge < -0.3 is 20.3 Å². The Bertz CT molecular complexity index is 873. The predicted molar refractivity (Wildman–Crippen MR) is 119 cm³/mol. The van der Waals surface area contributed by atoms with Gasteiger partial charge in [0, 0.05) is 50.5 Å². The summed E-state index contributed by atoms with van der Waals surface area (Å²) in [5.74, 6) is -0.171. The number of anilines is 2. The zero-order valence-corrected chi connectivity index (χ0v) is 17.8. The summed E-state index contributed by atoms with van der Waals surface area (Å²) < 4.78 is 18.5. The fourth-order valence-electron chi connectivity index (χ4n) is 3.70. The van der Waals surface area contributed by atoms with E-state index < -0.39 is 5.91 Å². The molecular formula is C23H29FN4O3. The van der Waals surface area contributed by atoms with Crippen molar-refractivity contribution in [3.05, 3.63) is 54.3 Å². The molecule has 1 saturated heterocycles. The van der Waals surface area contributed by atoms with Crippen molar-refractivity contribution in [2.24, 2.45) is 5.73 Å². The summed E-state index contributed by atoms with van der Waals surface area (Å²) in [6, 6.07) is 13.7. The van der Waals surface area contributed by atoms with E-state index >= 15 is 0 Å². The lowest BCUT2D eigenvalue weighted by molar-refractivity contribution is -0.120. The van der Waals surface area contributed by atoms with Crippen LogP contribution in [-0.2, 0) is 9.59 Å². The van der Waals surface area contributed by atoms with Crippen LogP contribution in [0.2, 0.25) is 0 Å². The van der Waals surface area contributed by atoms with Crippen LogP contribution in [0.25, 0.3) is 0 Å². The van der Waals surface area contributed by atoms with Crippen LogP contribution in [0.5, 0.6) is 5.75 Å². The Hall–Kier alpha value is -3.13. The van der Waals surface area contributed by atoms with Crippen molar-refractivity contribution in [3.63, 3.8) is 0 Å². The minimum Gasteiger partial charge on any atom is -0.497 e. The van der Waals surface area contributed by atoms with Crippen molar-refractivity contribution in [3.8, 4) is 5.75 Å². The van der Waals surface area contributed by atoms with Crippen molar-refractivity contribution in [2.75, 3.05) is 56.2 Å². The number of hydrogen-bond donors (Lipinski definition) is 1. The van der Waals surface area contributed by atoms with Crippen LogP contribution in [0.15, 0.2) is 48.5 Å². The first-order valence-electron chi connectivity index (χ1n) is 10.4. The average Bonchev–Trinajstić information content (AvgIpc) is 3.00. The van der Waals surface area contributed by atoms with Crippen molar-refractivity contribution in [1.82, 2.24) is 4.90 Å². The molecule has 0 saturated carbocycles. The molecular weight excluding hydrogens is 399 g/mol. The van der Waals surface area contributed by atoms with Crippen molar-refractivity contribution in [2.45, 2.75) is 12.8 Å². The van der Waals surface area contributed by atoms with Gasteiger partial charge in [-0.25, -0.2) is 4.39 Å². The zero-order valence-electron chi connectivity index (χ0n) is 17.8. The lowest BCUT2D eigenvalue weighted by Crippen LogP contribution is -2.43. The molecule has 0 spiro atoms. The van der Waals surface area contributed by atoms with Gasteiger partial charge in [-0.15, -0.1) is 0 Å². The quantitative estimate of drug-likeness (QED) is 0.698. The van der Waals surface area contributed by atoms with Crippen LogP contribution >= 0.6 is 0 Å². The van der Waals surface area contributed by atoms with Gasteiger partial charge in [-0.05, 0) is 55.0 Å². The molecule has 2 aromatic carbocycles. The van der Waals surface area contributed by atoms with E-state index in [2.05, 4.69) is 9.80 Å². The Morgan fingerprint density at radius 3 is 2.39 bits per heavy atom. The third-order valence-electron chi connectivity index (χ3n) is 5.41. The zero-order chi connectivity index (χ0) is 22.2. The molecule has 7 nitrogen and oxygen atoms in total. The van der Waals surface area contributed by atoms with Gasteiger partial charge in [0.25, 0.3) is 0 Å². The second kappa shape index (κ2) is 10.8. The van der Waals surface area contributed by atoms with E-state index in [1.807, 2.05) is 24.3 Å². The molecule has 0 atom stereocenters. The van der Waals surface area contributed by atoms with Crippen LogP contribution in [0, 0.1) is 5.82 Å². The monoisotopic (exact) mass is 428 g/mol. The summed E-state index contributed by atoms with van der Waals surface area (Å²) in [5, 5.41) is 0. The highest BCUT2D eigenvalue weighted by atomic mass is 19.1. The molecule has 2 aromatic rings. The van der Waals surface area contributed by atoms with Gasteiger partial charge in [-0.3, -0.25) is 14.5 Å². The first-order chi connectivity index (χ1) is 15.0. The second-order valence-corrected chi connectivity index (χ2v) is 7.55. The molecule has 1 aliphatic heterocycles. The number of carbonyl (C=O) groups is 2. The van der Waals surface area contributed by atoms with Crippen molar-refractivity contribution >= 4 is 23.2 Å².